The summed E-state index contributed by atoms with van der Waals surface area (Å²) < 4.78 is 0. The van der Waals surface area contributed by atoms with Gasteiger partial charge in [0.1, 0.15) is 5.82 Å². The number of rotatable bonds is 4. The monoisotopic (exact) mass is 243 g/mol. The third-order valence-corrected chi connectivity index (χ3v) is 3.62. The second-order valence-corrected chi connectivity index (χ2v) is 4.73. The Morgan fingerprint density at radius 3 is 2.72 bits per heavy atom. The van der Waals surface area contributed by atoms with E-state index in [2.05, 4.69) is 37.9 Å². The predicted octanol–water partition coefficient (Wildman–Crippen LogP) is 2.93. The van der Waals surface area contributed by atoms with Crippen LogP contribution in [0.1, 0.15) is 25.8 Å². The third kappa shape index (κ3) is 2.31. The van der Waals surface area contributed by atoms with Crippen LogP contribution in [0.4, 0.5) is 5.82 Å². The highest BCUT2D eigenvalue weighted by Crippen LogP contribution is 2.23. The van der Waals surface area contributed by atoms with Gasteiger partial charge in [-0.3, -0.25) is 0 Å². The smallest absolute Gasteiger partial charge is 0.129 e. The molecule has 1 atom stereocenters. The normalized spacial score (nSPS) is 12.7. The molecule has 1 aromatic carbocycles. The van der Waals surface area contributed by atoms with E-state index in [-0.39, 0.29) is 0 Å². The average molecular weight is 243 g/mol. The van der Waals surface area contributed by atoms with Crippen molar-refractivity contribution < 1.29 is 0 Å². The maximum absolute atomic E-state index is 5.85. The van der Waals surface area contributed by atoms with Crippen LogP contribution >= 0.6 is 0 Å². The van der Waals surface area contributed by atoms with Crippen molar-refractivity contribution in [2.24, 2.45) is 5.73 Å². The Morgan fingerprint density at radius 1 is 1.33 bits per heavy atom. The first-order valence-corrected chi connectivity index (χ1v) is 6.49. The van der Waals surface area contributed by atoms with Gasteiger partial charge in [0.2, 0.25) is 0 Å². The lowest BCUT2D eigenvalue weighted by Gasteiger charge is -2.25. The Balaban J connectivity index is 2.53. The molecule has 3 heteroatoms. The van der Waals surface area contributed by atoms with Gasteiger partial charge in [0.05, 0.1) is 5.52 Å². The molecule has 0 fully saturated rings. The van der Waals surface area contributed by atoms with Gasteiger partial charge in [0.15, 0.2) is 0 Å². The van der Waals surface area contributed by atoms with Crippen molar-refractivity contribution >= 4 is 16.7 Å². The summed E-state index contributed by atoms with van der Waals surface area (Å²) in [5, 5.41) is 1.15. The Labute approximate surface area is 109 Å². The number of benzene rings is 1. The first-order chi connectivity index (χ1) is 8.67. The Hall–Kier alpha value is -1.61. The molecule has 1 unspecified atom stereocenters. The Kier molecular flexibility index (Phi) is 3.82. The van der Waals surface area contributed by atoms with Gasteiger partial charge in [-0.2, -0.15) is 0 Å². The van der Waals surface area contributed by atoms with Crippen molar-refractivity contribution in [3.05, 3.63) is 35.9 Å². The third-order valence-electron chi connectivity index (χ3n) is 3.62. The fourth-order valence-corrected chi connectivity index (χ4v) is 2.08. The molecule has 0 spiro atoms. The molecule has 0 aliphatic carbocycles. The summed E-state index contributed by atoms with van der Waals surface area (Å²) in [6.07, 6.45) is 1.10. The zero-order valence-corrected chi connectivity index (χ0v) is 11.4. The lowest BCUT2D eigenvalue weighted by molar-refractivity contribution is 0.657. The Morgan fingerprint density at radius 2 is 2.06 bits per heavy atom. The predicted molar refractivity (Wildman–Crippen MR) is 77.8 cm³/mol. The highest BCUT2D eigenvalue weighted by Gasteiger charge is 2.11. The topological polar surface area (TPSA) is 42.1 Å². The molecular weight excluding hydrogens is 222 g/mol. The van der Waals surface area contributed by atoms with Crippen LogP contribution < -0.4 is 10.6 Å². The fourth-order valence-electron chi connectivity index (χ4n) is 2.08. The molecule has 2 aromatic rings. The number of nitrogens with zero attached hydrogens (tertiary/aromatic N) is 2. The largest absolute Gasteiger partial charge is 0.357 e. The second kappa shape index (κ2) is 5.36. The number of nitrogens with two attached hydrogens (primary N) is 1. The van der Waals surface area contributed by atoms with Crippen LogP contribution in [0, 0.1) is 0 Å². The lowest BCUT2D eigenvalue weighted by atomic mass is 10.1. The minimum atomic E-state index is 0.476. The zero-order chi connectivity index (χ0) is 13.1. The summed E-state index contributed by atoms with van der Waals surface area (Å²) in [4.78, 5) is 6.94. The van der Waals surface area contributed by atoms with E-state index in [0.29, 0.717) is 12.6 Å². The van der Waals surface area contributed by atoms with Gasteiger partial charge in [-0.1, -0.05) is 25.1 Å². The SMILES string of the molecule is CCC(C)N(C)c1cc(CN)c2ccccc2n1. The van der Waals surface area contributed by atoms with Gasteiger partial charge < -0.3 is 10.6 Å². The molecular formula is C15H21N3. The van der Waals surface area contributed by atoms with Crippen molar-refractivity contribution in [3.8, 4) is 0 Å². The van der Waals surface area contributed by atoms with E-state index in [1.165, 1.54) is 0 Å². The molecule has 0 bridgehead atoms. The van der Waals surface area contributed by atoms with E-state index in [0.717, 1.165) is 28.7 Å². The standard InChI is InChI=1S/C15H21N3/c1-4-11(2)18(3)15-9-12(10-16)13-7-5-6-8-14(13)17-15/h5-9,11H,4,10,16H2,1-3H3. The molecule has 0 aliphatic heterocycles. The molecule has 1 aromatic heterocycles. The minimum Gasteiger partial charge on any atom is -0.357 e. The number of hydrogen-bond acceptors (Lipinski definition) is 3. The highest BCUT2D eigenvalue weighted by atomic mass is 15.2. The quantitative estimate of drug-likeness (QED) is 0.897. The first-order valence-electron chi connectivity index (χ1n) is 6.49. The van der Waals surface area contributed by atoms with E-state index < -0.39 is 0 Å². The summed E-state index contributed by atoms with van der Waals surface area (Å²) in [5.74, 6) is 1.00. The molecule has 96 valence electrons. The average Bonchev–Trinajstić information content (AvgIpc) is 2.44. The summed E-state index contributed by atoms with van der Waals surface area (Å²) in [5.41, 5.74) is 8.02. The number of pyridine rings is 1. The summed E-state index contributed by atoms with van der Waals surface area (Å²) in [7, 11) is 2.09. The van der Waals surface area contributed by atoms with E-state index in [9.17, 15) is 0 Å². The lowest BCUT2D eigenvalue weighted by Crippen LogP contribution is -2.29. The molecule has 0 saturated heterocycles. The van der Waals surface area contributed by atoms with Gasteiger partial charge in [-0.05, 0) is 31.0 Å². The van der Waals surface area contributed by atoms with E-state index in [1.54, 1.807) is 0 Å². The van der Waals surface area contributed by atoms with E-state index >= 15 is 0 Å². The molecule has 18 heavy (non-hydrogen) atoms. The molecule has 2 rings (SSSR count). The number of anilines is 1. The van der Waals surface area contributed by atoms with Crippen molar-refractivity contribution in [2.45, 2.75) is 32.9 Å². The van der Waals surface area contributed by atoms with Gasteiger partial charge in [-0.25, -0.2) is 4.98 Å². The summed E-state index contributed by atoms with van der Waals surface area (Å²) >= 11 is 0. The van der Waals surface area contributed by atoms with Gasteiger partial charge in [0.25, 0.3) is 0 Å². The maximum atomic E-state index is 5.85. The number of fused-ring (bicyclic) bond motifs is 1. The first kappa shape index (κ1) is 12.8. The second-order valence-electron chi connectivity index (χ2n) is 4.73. The van der Waals surface area contributed by atoms with Crippen LogP contribution in [-0.4, -0.2) is 18.1 Å². The zero-order valence-electron chi connectivity index (χ0n) is 11.4. The van der Waals surface area contributed by atoms with Gasteiger partial charge in [0, 0.05) is 25.0 Å². The fraction of sp³-hybridized carbons (Fsp3) is 0.400. The Bertz CT molecular complexity index is 536. The number of para-hydroxylation sites is 1. The highest BCUT2D eigenvalue weighted by molar-refractivity contribution is 5.84. The van der Waals surface area contributed by atoms with Crippen molar-refractivity contribution in [3.63, 3.8) is 0 Å². The number of aromatic nitrogens is 1. The van der Waals surface area contributed by atoms with Crippen LogP contribution in [0.3, 0.4) is 0 Å². The van der Waals surface area contributed by atoms with Crippen molar-refractivity contribution in [1.82, 2.24) is 4.98 Å². The molecule has 0 radical (unpaired) electrons. The van der Waals surface area contributed by atoms with Crippen molar-refractivity contribution in [1.29, 1.82) is 0 Å². The van der Waals surface area contributed by atoms with Crippen LogP contribution in [-0.2, 0) is 6.54 Å². The molecule has 0 aliphatic rings. The summed E-state index contributed by atoms with van der Waals surface area (Å²) in [6.45, 7) is 4.94. The van der Waals surface area contributed by atoms with Crippen LogP contribution in [0.15, 0.2) is 30.3 Å². The van der Waals surface area contributed by atoms with Crippen LogP contribution in [0.5, 0.6) is 0 Å². The molecule has 2 N–H and O–H groups in total. The maximum Gasteiger partial charge on any atom is 0.129 e. The van der Waals surface area contributed by atoms with Crippen LogP contribution in [0.25, 0.3) is 10.9 Å². The molecule has 1 heterocycles. The minimum absolute atomic E-state index is 0.476. The van der Waals surface area contributed by atoms with Gasteiger partial charge >= 0.3 is 0 Å². The van der Waals surface area contributed by atoms with E-state index in [1.807, 2.05) is 18.2 Å². The van der Waals surface area contributed by atoms with Crippen molar-refractivity contribution in [2.75, 3.05) is 11.9 Å². The van der Waals surface area contributed by atoms with Gasteiger partial charge in [-0.15, -0.1) is 0 Å². The molecule has 0 amide bonds. The number of hydrogen-bond donors (Lipinski definition) is 1. The molecule has 3 nitrogen and oxygen atoms in total. The molecule has 0 saturated carbocycles. The summed E-state index contributed by atoms with van der Waals surface area (Å²) in [6, 6.07) is 10.8. The van der Waals surface area contributed by atoms with Crippen LogP contribution in [0.2, 0.25) is 0 Å². The van der Waals surface area contributed by atoms with E-state index in [4.69, 9.17) is 10.7 Å².